The van der Waals surface area contributed by atoms with Gasteiger partial charge in [0.05, 0.1) is 0 Å². The van der Waals surface area contributed by atoms with Gasteiger partial charge in [-0.15, -0.1) is 0 Å². The van der Waals surface area contributed by atoms with Gasteiger partial charge in [-0.2, -0.15) is 0 Å². The van der Waals surface area contributed by atoms with Gasteiger partial charge in [-0.3, -0.25) is 4.90 Å². The Morgan fingerprint density at radius 3 is 2.37 bits per heavy atom. The highest BCUT2D eigenvalue weighted by Crippen LogP contribution is 2.24. The van der Waals surface area contributed by atoms with Crippen LogP contribution in [0.25, 0.3) is 0 Å². The van der Waals surface area contributed by atoms with Crippen molar-refractivity contribution in [3.63, 3.8) is 0 Å². The average Bonchev–Trinajstić information content (AvgIpc) is 2.47. The Hall–Kier alpha value is -0.120. The van der Waals surface area contributed by atoms with Gasteiger partial charge in [-0.05, 0) is 46.7 Å². The highest BCUT2D eigenvalue weighted by molar-refractivity contribution is 4.86. The minimum absolute atomic E-state index is 0.352. The minimum atomic E-state index is 0.352. The van der Waals surface area contributed by atoms with Crippen molar-refractivity contribution >= 4 is 0 Å². The lowest BCUT2D eigenvalue weighted by Gasteiger charge is -2.43. The van der Waals surface area contributed by atoms with Crippen molar-refractivity contribution < 1.29 is 0 Å². The molecule has 0 amide bonds. The molecule has 1 saturated carbocycles. The van der Waals surface area contributed by atoms with E-state index in [9.17, 15) is 0 Å². The maximum absolute atomic E-state index is 3.45. The van der Waals surface area contributed by atoms with Crippen molar-refractivity contribution in [1.82, 2.24) is 15.1 Å². The Labute approximate surface area is 119 Å². The van der Waals surface area contributed by atoms with Crippen molar-refractivity contribution in [2.24, 2.45) is 0 Å². The monoisotopic (exact) mass is 267 g/mol. The first-order valence-electron chi connectivity index (χ1n) is 8.25. The van der Waals surface area contributed by atoms with Crippen LogP contribution in [-0.4, -0.2) is 61.2 Å². The summed E-state index contributed by atoms with van der Waals surface area (Å²) < 4.78 is 0. The van der Waals surface area contributed by atoms with Crippen LogP contribution in [0.3, 0.4) is 0 Å². The molecule has 1 heterocycles. The molecule has 1 aliphatic heterocycles. The first-order valence-corrected chi connectivity index (χ1v) is 8.25. The summed E-state index contributed by atoms with van der Waals surface area (Å²) in [7, 11) is 2.34. The molecular weight excluding hydrogens is 234 g/mol. The third-order valence-electron chi connectivity index (χ3n) is 5.25. The SMILES string of the molecule is CN(CCC(C)(C)N1CCNCC1)C1CCCCC1. The van der Waals surface area contributed by atoms with Crippen LogP contribution in [0.15, 0.2) is 0 Å². The minimum Gasteiger partial charge on any atom is -0.314 e. The molecule has 1 aliphatic carbocycles. The molecule has 0 aromatic heterocycles. The Balaban J connectivity index is 1.75. The van der Waals surface area contributed by atoms with Crippen LogP contribution in [-0.2, 0) is 0 Å². The lowest BCUT2D eigenvalue weighted by atomic mass is 9.92. The molecule has 2 aliphatic rings. The molecule has 112 valence electrons. The van der Waals surface area contributed by atoms with Crippen LogP contribution in [0.2, 0.25) is 0 Å². The highest BCUT2D eigenvalue weighted by Gasteiger charge is 2.28. The third-order valence-corrected chi connectivity index (χ3v) is 5.25. The number of hydrogen-bond acceptors (Lipinski definition) is 3. The smallest absolute Gasteiger partial charge is 0.0166 e. The zero-order chi connectivity index (χ0) is 13.7. The van der Waals surface area contributed by atoms with Crippen LogP contribution < -0.4 is 5.32 Å². The van der Waals surface area contributed by atoms with Crippen LogP contribution in [0.4, 0.5) is 0 Å². The fourth-order valence-corrected chi connectivity index (χ4v) is 3.58. The summed E-state index contributed by atoms with van der Waals surface area (Å²) in [4.78, 5) is 5.29. The lowest BCUT2D eigenvalue weighted by Crippen LogP contribution is -2.54. The second-order valence-corrected chi connectivity index (χ2v) is 7.07. The molecule has 0 bridgehead atoms. The molecule has 0 atom stereocenters. The van der Waals surface area contributed by atoms with Crippen molar-refractivity contribution in [2.75, 3.05) is 39.8 Å². The zero-order valence-corrected chi connectivity index (χ0v) is 13.2. The van der Waals surface area contributed by atoms with Gasteiger partial charge in [-0.25, -0.2) is 0 Å². The molecule has 19 heavy (non-hydrogen) atoms. The second-order valence-electron chi connectivity index (χ2n) is 7.07. The summed E-state index contributed by atoms with van der Waals surface area (Å²) >= 11 is 0. The Morgan fingerprint density at radius 2 is 1.74 bits per heavy atom. The van der Waals surface area contributed by atoms with Gasteiger partial charge in [0.1, 0.15) is 0 Å². The molecule has 3 heteroatoms. The van der Waals surface area contributed by atoms with Crippen molar-refractivity contribution in [3.8, 4) is 0 Å². The van der Waals surface area contributed by atoms with Crippen molar-refractivity contribution in [3.05, 3.63) is 0 Å². The maximum Gasteiger partial charge on any atom is 0.0166 e. The second kappa shape index (κ2) is 7.05. The van der Waals surface area contributed by atoms with E-state index < -0.39 is 0 Å². The largest absolute Gasteiger partial charge is 0.314 e. The van der Waals surface area contributed by atoms with Gasteiger partial charge in [0, 0.05) is 37.8 Å². The number of hydrogen-bond donors (Lipinski definition) is 1. The molecule has 1 saturated heterocycles. The standard InChI is InChI=1S/C16H33N3/c1-16(2,19-13-10-17-11-14-19)9-12-18(3)15-7-5-4-6-8-15/h15,17H,4-14H2,1-3H3. The molecule has 2 fully saturated rings. The molecule has 2 rings (SSSR count). The Kier molecular flexibility index (Phi) is 5.67. The van der Waals surface area contributed by atoms with E-state index in [1.54, 1.807) is 0 Å². The number of nitrogens with one attached hydrogen (secondary N) is 1. The predicted molar refractivity (Wildman–Crippen MR) is 82.6 cm³/mol. The van der Waals surface area contributed by atoms with Crippen molar-refractivity contribution in [1.29, 1.82) is 0 Å². The lowest BCUT2D eigenvalue weighted by molar-refractivity contribution is 0.0770. The zero-order valence-electron chi connectivity index (χ0n) is 13.2. The van der Waals surface area contributed by atoms with E-state index in [-0.39, 0.29) is 0 Å². The molecule has 3 nitrogen and oxygen atoms in total. The van der Waals surface area contributed by atoms with Gasteiger partial charge in [0.25, 0.3) is 0 Å². The van der Waals surface area contributed by atoms with Crippen LogP contribution in [0.5, 0.6) is 0 Å². The summed E-state index contributed by atoms with van der Waals surface area (Å²) in [6.07, 6.45) is 8.47. The fraction of sp³-hybridized carbons (Fsp3) is 1.00. The van der Waals surface area contributed by atoms with Crippen LogP contribution in [0.1, 0.15) is 52.4 Å². The summed E-state index contributed by atoms with van der Waals surface area (Å²) in [5.74, 6) is 0. The van der Waals surface area contributed by atoms with E-state index in [0.717, 1.165) is 19.1 Å². The molecule has 0 spiro atoms. The first kappa shape index (κ1) is 15.3. The van der Waals surface area contributed by atoms with E-state index in [0.29, 0.717) is 5.54 Å². The summed E-state index contributed by atoms with van der Waals surface area (Å²) in [5, 5.41) is 3.45. The highest BCUT2D eigenvalue weighted by atomic mass is 15.2. The summed E-state index contributed by atoms with van der Waals surface area (Å²) in [6.45, 7) is 10.8. The van der Waals surface area contributed by atoms with E-state index in [1.165, 1.54) is 58.2 Å². The Morgan fingerprint density at radius 1 is 1.11 bits per heavy atom. The first-order chi connectivity index (χ1) is 9.09. The predicted octanol–water partition coefficient (Wildman–Crippen LogP) is 2.32. The Bertz CT molecular complexity index is 253. The van der Waals surface area contributed by atoms with Crippen LogP contribution >= 0.6 is 0 Å². The third kappa shape index (κ3) is 4.44. The molecule has 1 N–H and O–H groups in total. The maximum atomic E-state index is 3.45. The van der Waals surface area contributed by atoms with Crippen LogP contribution in [0, 0.1) is 0 Å². The van der Waals surface area contributed by atoms with Gasteiger partial charge < -0.3 is 10.2 Å². The molecule has 0 aromatic carbocycles. The molecular formula is C16H33N3. The quantitative estimate of drug-likeness (QED) is 0.825. The van der Waals surface area contributed by atoms with E-state index >= 15 is 0 Å². The van der Waals surface area contributed by atoms with E-state index in [4.69, 9.17) is 0 Å². The van der Waals surface area contributed by atoms with Gasteiger partial charge >= 0.3 is 0 Å². The van der Waals surface area contributed by atoms with E-state index in [1.807, 2.05) is 0 Å². The van der Waals surface area contributed by atoms with Gasteiger partial charge in [-0.1, -0.05) is 19.3 Å². The number of piperazine rings is 1. The molecule has 0 unspecified atom stereocenters. The average molecular weight is 267 g/mol. The van der Waals surface area contributed by atoms with E-state index in [2.05, 4.69) is 36.0 Å². The summed E-state index contributed by atoms with van der Waals surface area (Å²) in [6, 6.07) is 0.854. The topological polar surface area (TPSA) is 18.5 Å². The molecule has 0 radical (unpaired) electrons. The number of nitrogens with zero attached hydrogens (tertiary/aromatic N) is 2. The normalized spacial score (nSPS) is 24.0. The number of rotatable bonds is 5. The molecule has 0 aromatic rings. The fourth-order valence-electron chi connectivity index (χ4n) is 3.58. The summed E-state index contributed by atoms with van der Waals surface area (Å²) in [5.41, 5.74) is 0.352. The van der Waals surface area contributed by atoms with Gasteiger partial charge in [0.15, 0.2) is 0 Å². The van der Waals surface area contributed by atoms with Crippen molar-refractivity contribution in [2.45, 2.75) is 64.0 Å². The van der Waals surface area contributed by atoms with Gasteiger partial charge in [0.2, 0.25) is 0 Å².